The van der Waals surface area contributed by atoms with Gasteiger partial charge in [-0.15, -0.1) is 0 Å². The average Bonchev–Trinajstić information content (AvgIpc) is 3.24. The molecule has 3 heterocycles. The standard InChI is InChI=1S/C27H46N2O6/c1-10-34-23(33)19-18-22(32)29(17(14-30)13-16(2)3)20(27(18)12-11-26(19,9)35-27)21(31)28-25(7,8)15-24(4,5)6/h16-20,30H,10-15H2,1-9H3,(H,28,31)/t17-,18+,19-,20?,26+,27?/m1/s1. The largest absolute Gasteiger partial charge is 0.466 e. The van der Waals surface area contributed by atoms with Crippen LogP contribution in [0.25, 0.3) is 0 Å². The Bertz CT molecular complexity index is 849. The van der Waals surface area contributed by atoms with Gasteiger partial charge in [-0.25, -0.2) is 0 Å². The number of carbonyl (C=O) groups is 3. The fourth-order valence-electron chi connectivity index (χ4n) is 7.24. The number of nitrogens with zero attached hydrogens (tertiary/aromatic N) is 1. The molecule has 8 heteroatoms. The van der Waals surface area contributed by atoms with Crippen LogP contribution in [0.1, 0.15) is 88.0 Å². The molecule has 200 valence electrons. The van der Waals surface area contributed by atoms with Gasteiger partial charge in [0.25, 0.3) is 0 Å². The summed E-state index contributed by atoms with van der Waals surface area (Å²) in [6.07, 6.45) is 2.35. The Morgan fingerprint density at radius 1 is 1.23 bits per heavy atom. The van der Waals surface area contributed by atoms with E-state index in [1.54, 1.807) is 11.8 Å². The van der Waals surface area contributed by atoms with Gasteiger partial charge in [0.15, 0.2) is 0 Å². The monoisotopic (exact) mass is 494 g/mol. The molecule has 0 aromatic carbocycles. The Labute approximate surface area is 210 Å². The number of nitrogens with one attached hydrogen (secondary N) is 1. The lowest BCUT2D eigenvalue weighted by molar-refractivity contribution is -0.160. The average molecular weight is 495 g/mol. The molecule has 6 atom stereocenters. The highest BCUT2D eigenvalue weighted by molar-refractivity contribution is 5.98. The highest BCUT2D eigenvalue weighted by Gasteiger charge is 2.78. The zero-order valence-electron chi connectivity index (χ0n) is 23.1. The lowest BCUT2D eigenvalue weighted by atomic mass is 9.66. The first kappa shape index (κ1) is 27.9. The van der Waals surface area contributed by atoms with Gasteiger partial charge in [-0.3, -0.25) is 14.4 Å². The Morgan fingerprint density at radius 2 is 1.86 bits per heavy atom. The van der Waals surface area contributed by atoms with Crippen molar-refractivity contribution in [2.24, 2.45) is 23.2 Å². The second kappa shape index (κ2) is 9.33. The maximum Gasteiger partial charge on any atom is 0.312 e. The van der Waals surface area contributed by atoms with Gasteiger partial charge in [-0.1, -0.05) is 34.6 Å². The zero-order chi connectivity index (χ0) is 26.6. The van der Waals surface area contributed by atoms with Crippen molar-refractivity contribution in [3.63, 3.8) is 0 Å². The van der Waals surface area contributed by atoms with Gasteiger partial charge in [0.2, 0.25) is 11.8 Å². The fourth-order valence-corrected chi connectivity index (χ4v) is 7.24. The number of carbonyl (C=O) groups excluding carboxylic acids is 3. The molecule has 3 rings (SSSR count). The van der Waals surface area contributed by atoms with Crippen molar-refractivity contribution in [3.8, 4) is 0 Å². The first-order valence-corrected chi connectivity index (χ1v) is 13.1. The number of amides is 2. The highest BCUT2D eigenvalue weighted by Crippen LogP contribution is 2.63. The van der Waals surface area contributed by atoms with E-state index in [2.05, 4.69) is 26.1 Å². The predicted molar refractivity (Wildman–Crippen MR) is 132 cm³/mol. The molecule has 3 fully saturated rings. The minimum absolute atomic E-state index is 0.0150. The van der Waals surface area contributed by atoms with Gasteiger partial charge < -0.3 is 24.8 Å². The summed E-state index contributed by atoms with van der Waals surface area (Å²) in [6, 6.07) is -1.46. The summed E-state index contributed by atoms with van der Waals surface area (Å²) in [5.41, 5.74) is -2.51. The summed E-state index contributed by atoms with van der Waals surface area (Å²) in [5.74, 6) is -2.40. The van der Waals surface area contributed by atoms with Crippen LogP contribution in [0.3, 0.4) is 0 Å². The van der Waals surface area contributed by atoms with Crippen molar-refractivity contribution in [1.29, 1.82) is 0 Å². The molecule has 1 spiro atoms. The molecule has 35 heavy (non-hydrogen) atoms. The third-order valence-electron chi connectivity index (χ3n) is 7.78. The van der Waals surface area contributed by atoms with Crippen molar-refractivity contribution in [2.75, 3.05) is 13.2 Å². The van der Waals surface area contributed by atoms with E-state index in [4.69, 9.17) is 9.47 Å². The molecule has 3 aliphatic rings. The van der Waals surface area contributed by atoms with E-state index in [1.807, 2.05) is 34.6 Å². The topological polar surface area (TPSA) is 105 Å². The third-order valence-corrected chi connectivity index (χ3v) is 7.78. The molecule has 2 unspecified atom stereocenters. The fraction of sp³-hybridized carbons (Fsp3) is 0.889. The van der Waals surface area contributed by atoms with Crippen LogP contribution in [0.5, 0.6) is 0 Å². The van der Waals surface area contributed by atoms with Crippen molar-refractivity contribution in [1.82, 2.24) is 10.2 Å². The first-order chi connectivity index (χ1) is 16.0. The van der Waals surface area contributed by atoms with Crippen LogP contribution in [0.15, 0.2) is 0 Å². The minimum Gasteiger partial charge on any atom is -0.466 e. The number of fused-ring (bicyclic) bond motifs is 1. The Morgan fingerprint density at radius 3 is 2.37 bits per heavy atom. The number of likely N-dealkylation sites (tertiary alicyclic amines) is 1. The van der Waals surface area contributed by atoms with Gasteiger partial charge in [0, 0.05) is 5.54 Å². The van der Waals surface area contributed by atoms with E-state index in [-0.39, 0.29) is 36.4 Å². The lowest BCUT2D eigenvalue weighted by Gasteiger charge is -2.40. The zero-order valence-corrected chi connectivity index (χ0v) is 23.1. The molecule has 0 aromatic heterocycles. The smallest absolute Gasteiger partial charge is 0.312 e. The molecule has 0 saturated carbocycles. The summed E-state index contributed by atoms with van der Waals surface area (Å²) in [5, 5.41) is 13.5. The molecule has 0 aliphatic carbocycles. The van der Waals surface area contributed by atoms with Crippen LogP contribution in [0.4, 0.5) is 0 Å². The van der Waals surface area contributed by atoms with Crippen molar-refractivity contribution in [2.45, 2.75) is 117 Å². The molecule has 2 bridgehead atoms. The summed E-state index contributed by atoms with van der Waals surface area (Å²) in [6.45, 7) is 17.9. The van der Waals surface area contributed by atoms with Crippen LogP contribution in [0, 0.1) is 23.2 Å². The van der Waals surface area contributed by atoms with Crippen molar-refractivity contribution < 1.29 is 29.0 Å². The number of esters is 1. The van der Waals surface area contributed by atoms with Crippen LogP contribution in [0.2, 0.25) is 0 Å². The lowest BCUT2D eigenvalue weighted by Crippen LogP contribution is -2.61. The van der Waals surface area contributed by atoms with Gasteiger partial charge in [0.1, 0.15) is 17.6 Å². The number of hydrogen-bond donors (Lipinski definition) is 2. The number of ether oxygens (including phenoxy) is 2. The quantitative estimate of drug-likeness (QED) is 0.478. The van der Waals surface area contributed by atoms with E-state index < -0.39 is 46.6 Å². The van der Waals surface area contributed by atoms with E-state index >= 15 is 0 Å². The van der Waals surface area contributed by atoms with E-state index in [9.17, 15) is 19.5 Å². The molecule has 2 N–H and O–H groups in total. The number of aliphatic hydroxyl groups is 1. The molecular weight excluding hydrogens is 448 g/mol. The summed E-state index contributed by atoms with van der Waals surface area (Å²) < 4.78 is 12.0. The van der Waals surface area contributed by atoms with Gasteiger partial charge in [-0.05, 0) is 64.7 Å². The van der Waals surface area contributed by atoms with E-state index in [1.165, 1.54) is 0 Å². The van der Waals surface area contributed by atoms with E-state index in [0.717, 1.165) is 6.42 Å². The first-order valence-electron chi connectivity index (χ1n) is 13.1. The summed E-state index contributed by atoms with van der Waals surface area (Å²) in [7, 11) is 0. The number of aliphatic hydroxyl groups excluding tert-OH is 1. The van der Waals surface area contributed by atoms with Crippen LogP contribution in [-0.2, 0) is 23.9 Å². The second-order valence-electron chi connectivity index (χ2n) is 13.3. The highest BCUT2D eigenvalue weighted by atomic mass is 16.6. The van der Waals surface area contributed by atoms with Crippen molar-refractivity contribution >= 4 is 17.8 Å². The maximum absolute atomic E-state index is 14.1. The minimum atomic E-state index is -1.12. The number of rotatable bonds is 9. The van der Waals surface area contributed by atoms with Crippen LogP contribution in [-0.4, -0.2) is 69.8 Å². The number of hydrogen-bond acceptors (Lipinski definition) is 6. The summed E-state index contributed by atoms with van der Waals surface area (Å²) >= 11 is 0. The van der Waals surface area contributed by atoms with Crippen molar-refractivity contribution in [3.05, 3.63) is 0 Å². The molecule has 3 saturated heterocycles. The molecule has 0 radical (unpaired) electrons. The van der Waals surface area contributed by atoms with E-state index in [0.29, 0.717) is 19.3 Å². The summed E-state index contributed by atoms with van der Waals surface area (Å²) in [4.78, 5) is 42.8. The molecule has 2 amide bonds. The second-order valence-corrected chi connectivity index (χ2v) is 13.3. The van der Waals surface area contributed by atoms with Gasteiger partial charge in [-0.2, -0.15) is 0 Å². The van der Waals surface area contributed by atoms with Crippen LogP contribution >= 0.6 is 0 Å². The molecule has 8 nitrogen and oxygen atoms in total. The Kier molecular flexibility index (Phi) is 7.44. The van der Waals surface area contributed by atoms with Gasteiger partial charge >= 0.3 is 5.97 Å². The molecule has 3 aliphatic heterocycles. The molecule has 0 aromatic rings. The Balaban J connectivity index is 2.07. The van der Waals surface area contributed by atoms with Gasteiger partial charge in [0.05, 0.1) is 30.8 Å². The van der Waals surface area contributed by atoms with Crippen LogP contribution < -0.4 is 5.32 Å². The predicted octanol–water partition coefficient (Wildman–Crippen LogP) is 3.05. The normalized spacial score (nSPS) is 33.3. The third kappa shape index (κ3) is 4.97. The molecular formula is C27H46N2O6. The Hall–Kier alpha value is -1.67. The SMILES string of the molecule is CCOC(=O)[C@H]1[C@H]2C(=O)N([C@@H](CO)CC(C)C)C(C(=O)NC(C)(C)CC(C)(C)C)C23CC[C@]1(C)O3. The maximum atomic E-state index is 14.1.